The second-order valence-corrected chi connectivity index (χ2v) is 10.00. The van der Waals surface area contributed by atoms with Gasteiger partial charge in [-0.3, -0.25) is 4.98 Å². The third-order valence-electron chi connectivity index (χ3n) is 5.13. The first-order valence-electron chi connectivity index (χ1n) is 9.61. The highest BCUT2D eigenvalue weighted by Crippen LogP contribution is 2.41. The van der Waals surface area contributed by atoms with Gasteiger partial charge in [0.15, 0.2) is 0 Å². The maximum Gasteiger partial charge on any atom is 0.0880 e. The van der Waals surface area contributed by atoms with Gasteiger partial charge in [-0.25, -0.2) is 0 Å². The Morgan fingerprint density at radius 3 is 2.19 bits per heavy atom. The molecule has 138 valence electrons. The number of aryl methyl sites for hydroxylation is 3. The smallest absolute Gasteiger partial charge is 0.0880 e. The second-order valence-electron chi connectivity index (χ2n) is 8.98. The summed E-state index contributed by atoms with van der Waals surface area (Å²) in [7, 11) is 0. The van der Waals surface area contributed by atoms with Gasteiger partial charge >= 0.3 is 0 Å². The van der Waals surface area contributed by atoms with Gasteiger partial charge in [0.2, 0.25) is 0 Å². The number of nitrogens with zero attached hydrogens (tertiary/aromatic N) is 1. The van der Waals surface area contributed by atoms with Crippen LogP contribution in [0.1, 0.15) is 43.0 Å². The molecule has 2 heteroatoms. The number of rotatable bonds is 2. The number of thiophene rings is 1. The predicted octanol–water partition coefficient (Wildman–Crippen LogP) is 7.63. The average molecular weight is 374 g/mol. The van der Waals surface area contributed by atoms with Gasteiger partial charge in [-0.15, -0.1) is 11.3 Å². The molecule has 0 aliphatic heterocycles. The monoisotopic (exact) mass is 373 g/mol. The fraction of sp³-hybridized carbons (Fsp3) is 0.320. The van der Waals surface area contributed by atoms with E-state index in [-0.39, 0.29) is 0 Å². The molecule has 0 aliphatic carbocycles. The molecule has 1 nitrogen and oxygen atoms in total. The van der Waals surface area contributed by atoms with Crippen LogP contribution in [0.5, 0.6) is 0 Å². The number of pyridine rings is 1. The van der Waals surface area contributed by atoms with Crippen molar-refractivity contribution in [2.75, 3.05) is 0 Å². The van der Waals surface area contributed by atoms with Gasteiger partial charge in [0.25, 0.3) is 0 Å². The van der Waals surface area contributed by atoms with Gasteiger partial charge in [0.1, 0.15) is 0 Å². The first-order valence-corrected chi connectivity index (χ1v) is 10.4. The molecule has 0 amide bonds. The summed E-state index contributed by atoms with van der Waals surface area (Å²) < 4.78 is 2.71. The number of hydrogen-bond acceptors (Lipinski definition) is 2. The van der Waals surface area contributed by atoms with E-state index in [9.17, 15) is 0 Å². The quantitative estimate of drug-likeness (QED) is 0.352. The van der Waals surface area contributed by atoms with E-state index < -0.39 is 0 Å². The molecule has 4 rings (SSSR count). The van der Waals surface area contributed by atoms with Crippen LogP contribution in [-0.4, -0.2) is 4.98 Å². The number of fused-ring (bicyclic) bond motifs is 3. The largest absolute Gasteiger partial charge is 0.255 e. The number of hydrogen-bond donors (Lipinski definition) is 0. The summed E-state index contributed by atoms with van der Waals surface area (Å²) in [6, 6.07) is 13.5. The van der Waals surface area contributed by atoms with E-state index >= 15 is 0 Å². The lowest BCUT2D eigenvalue weighted by Crippen LogP contribution is -2.10. The van der Waals surface area contributed by atoms with Crippen LogP contribution in [0, 0.1) is 26.2 Å². The molecular formula is C25H27NS. The highest BCUT2D eigenvalue weighted by Gasteiger charge is 2.17. The third-order valence-corrected chi connectivity index (χ3v) is 6.48. The van der Waals surface area contributed by atoms with E-state index in [1.165, 1.54) is 48.0 Å². The Morgan fingerprint density at radius 2 is 1.52 bits per heavy atom. The van der Waals surface area contributed by atoms with Crippen molar-refractivity contribution in [2.45, 2.75) is 48.0 Å². The summed E-state index contributed by atoms with van der Waals surface area (Å²) in [5, 5.41) is 2.68. The van der Waals surface area contributed by atoms with Gasteiger partial charge in [0.05, 0.1) is 10.4 Å². The molecule has 0 N–H and O–H groups in total. The normalized spacial score (nSPS) is 12.2. The minimum atomic E-state index is 0.293. The summed E-state index contributed by atoms with van der Waals surface area (Å²) in [4.78, 5) is 4.78. The Labute approximate surface area is 166 Å². The Morgan fingerprint density at radius 1 is 0.852 bits per heavy atom. The lowest BCUT2D eigenvalue weighted by Gasteiger charge is -2.19. The number of benzene rings is 2. The summed E-state index contributed by atoms with van der Waals surface area (Å²) >= 11 is 1.90. The molecule has 2 aromatic heterocycles. The van der Waals surface area contributed by atoms with Crippen molar-refractivity contribution in [1.29, 1.82) is 0 Å². The first kappa shape index (κ1) is 18.2. The Hall–Kier alpha value is -2.19. The van der Waals surface area contributed by atoms with Gasteiger partial charge in [-0.2, -0.15) is 0 Å². The van der Waals surface area contributed by atoms with Crippen molar-refractivity contribution in [3.05, 3.63) is 64.8 Å². The van der Waals surface area contributed by atoms with E-state index in [2.05, 4.69) is 77.9 Å². The van der Waals surface area contributed by atoms with E-state index in [0.29, 0.717) is 5.41 Å². The maximum absolute atomic E-state index is 4.78. The SMILES string of the molecule is Cc1cc(C)cc(-c2nccc3c2sc2c(C)c(CC(C)(C)C)ccc23)c1. The van der Waals surface area contributed by atoms with Crippen molar-refractivity contribution < 1.29 is 0 Å². The zero-order valence-electron chi connectivity index (χ0n) is 17.1. The minimum Gasteiger partial charge on any atom is -0.255 e. The zero-order chi connectivity index (χ0) is 19.3. The van der Waals surface area contributed by atoms with Gasteiger partial charge in [-0.1, -0.05) is 50.1 Å². The lowest BCUT2D eigenvalue weighted by atomic mass is 9.86. The van der Waals surface area contributed by atoms with Crippen LogP contribution in [-0.2, 0) is 6.42 Å². The molecule has 0 saturated heterocycles. The average Bonchev–Trinajstić information content (AvgIpc) is 2.95. The maximum atomic E-state index is 4.78. The number of aromatic nitrogens is 1. The van der Waals surface area contributed by atoms with Crippen LogP contribution in [0.15, 0.2) is 42.6 Å². The highest BCUT2D eigenvalue weighted by atomic mass is 32.1. The molecule has 4 aromatic rings. The standard InChI is InChI=1S/C25H27NS/c1-15-11-16(2)13-19(12-15)22-24-21(9-10-26-22)20-8-7-18(14-25(4,5)6)17(3)23(20)27-24/h7-13H,14H2,1-6H3. The molecule has 0 aliphatic rings. The predicted molar refractivity (Wildman–Crippen MR) is 120 cm³/mol. The van der Waals surface area contributed by atoms with E-state index in [4.69, 9.17) is 4.98 Å². The lowest BCUT2D eigenvalue weighted by molar-refractivity contribution is 0.410. The molecule has 0 bridgehead atoms. The van der Waals surface area contributed by atoms with Crippen molar-refractivity contribution in [3.63, 3.8) is 0 Å². The fourth-order valence-electron chi connectivity index (χ4n) is 4.02. The molecular weight excluding hydrogens is 346 g/mol. The third kappa shape index (κ3) is 3.39. The molecule has 0 unspecified atom stereocenters. The van der Waals surface area contributed by atoms with Gasteiger partial charge in [-0.05, 0) is 61.9 Å². The minimum absolute atomic E-state index is 0.293. The van der Waals surface area contributed by atoms with Crippen LogP contribution in [0.25, 0.3) is 31.4 Å². The summed E-state index contributed by atoms with van der Waals surface area (Å²) in [5.41, 5.74) is 8.08. The van der Waals surface area contributed by atoms with Crippen molar-refractivity contribution in [3.8, 4) is 11.3 Å². The van der Waals surface area contributed by atoms with E-state index in [0.717, 1.165) is 12.1 Å². The molecule has 0 radical (unpaired) electrons. The molecule has 0 atom stereocenters. The topological polar surface area (TPSA) is 12.9 Å². The Bertz CT molecular complexity index is 1140. The molecule has 27 heavy (non-hydrogen) atoms. The molecule has 2 aromatic carbocycles. The van der Waals surface area contributed by atoms with Crippen LogP contribution in [0.2, 0.25) is 0 Å². The van der Waals surface area contributed by atoms with E-state index in [1.54, 1.807) is 0 Å². The van der Waals surface area contributed by atoms with Crippen molar-refractivity contribution in [1.82, 2.24) is 4.98 Å². The fourth-order valence-corrected chi connectivity index (χ4v) is 5.35. The molecule has 0 spiro atoms. The molecule has 0 fully saturated rings. The zero-order valence-corrected chi connectivity index (χ0v) is 17.9. The highest BCUT2D eigenvalue weighted by molar-refractivity contribution is 7.26. The van der Waals surface area contributed by atoms with Crippen LogP contribution in [0.3, 0.4) is 0 Å². The molecule has 2 heterocycles. The van der Waals surface area contributed by atoms with Crippen LogP contribution in [0.4, 0.5) is 0 Å². The van der Waals surface area contributed by atoms with Crippen LogP contribution >= 0.6 is 11.3 Å². The van der Waals surface area contributed by atoms with Gasteiger partial charge in [0, 0.05) is 27.2 Å². The second kappa shape index (κ2) is 6.45. The Kier molecular flexibility index (Phi) is 4.35. The first-order chi connectivity index (χ1) is 12.7. The summed E-state index contributed by atoms with van der Waals surface area (Å²) in [5.74, 6) is 0. The summed E-state index contributed by atoms with van der Waals surface area (Å²) in [6.07, 6.45) is 3.06. The van der Waals surface area contributed by atoms with Gasteiger partial charge < -0.3 is 0 Å². The van der Waals surface area contributed by atoms with Crippen molar-refractivity contribution >= 4 is 31.5 Å². The van der Waals surface area contributed by atoms with Crippen molar-refractivity contribution in [2.24, 2.45) is 5.41 Å². The Balaban J connectivity index is 1.97. The van der Waals surface area contributed by atoms with Crippen LogP contribution < -0.4 is 0 Å². The summed E-state index contributed by atoms with van der Waals surface area (Å²) in [6.45, 7) is 13.5. The van der Waals surface area contributed by atoms with E-state index in [1.807, 2.05) is 17.5 Å². The molecule has 0 saturated carbocycles.